The smallest absolute Gasteiger partial charge is 0.254 e. The average molecular weight is 210 g/mol. The van der Waals surface area contributed by atoms with Crippen molar-refractivity contribution < 1.29 is 4.79 Å². The van der Waals surface area contributed by atoms with Gasteiger partial charge in [0, 0.05) is 12.7 Å². The number of aromatic nitrogens is 2. The van der Waals surface area contributed by atoms with Gasteiger partial charge < -0.3 is 11.1 Å². The maximum atomic E-state index is 11.4. The van der Waals surface area contributed by atoms with E-state index in [9.17, 15) is 4.79 Å². The fourth-order valence-electron chi connectivity index (χ4n) is 1.30. The van der Waals surface area contributed by atoms with Gasteiger partial charge in [0.1, 0.15) is 0 Å². The van der Waals surface area contributed by atoms with Gasteiger partial charge in [0.05, 0.1) is 11.8 Å². The Hall–Kier alpha value is -1.36. The highest BCUT2D eigenvalue weighted by molar-refractivity contribution is 5.93. The molecular formula is C10H18N4O. The lowest BCUT2D eigenvalue weighted by molar-refractivity contribution is 0.0953. The van der Waals surface area contributed by atoms with Gasteiger partial charge in [0.25, 0.3) is 5.91 Å². The third-order valence-corrected chi connectivity index (χ3v) is 2.18. The second-order valence-corrected chi connectivity index (χ2v) is 3.45. The molecule has 5 heteroatoms. The summed E-state index contributed by atoms with van der Waals surface area (Å²) in [6.45, 7) is 1.47. The molecule has 0 bridgehead atoms. The maximum Gasteiger partial charge on any atom is 0.254 e. The van der Waals surface area contributed by atoms with Crippen molar-refractivity contribution in [3.63, 3.8) is 0 Å². The molecule has 1 heterocycles. The topological polar surface area (TPSA) is 83.8 Å². The third kappa shape index (κ3) is 4.60. The van der Waals surface area contributed by atoms with Crippen molar-refractivity contribution in [2.24, 2.45) is 5.73 Å². The molecule has 0 spiro atoms. The van der Waals surface area contributed by atoms with E-state index < -0.39 is 0 Å². The number of hydrogen-bond acceptors (Lipinski definition) is 3. The highest BCUT2D eigenvalue weighted by Crippen LogP contribution is 1.98. The molecule has 1 aromatic heterocycles. The summed E-state index contributed by atoms with van der Waals surface area (Å²) in [6.07, 6.45) is 7.42. The number of H-pyrrole nitrogens is 1. The molecule has 4 N–H and O–H groups in total. The third-order valence-electron chi connectivity index (χ3n) is 2.18. The zero-order chi connectivity index (χ0) is 10.9. The molecule has 0 aliphatic carbocycles. The van der Waals surface area contributed by atoms with E-state index in [0.29, 0.717) is 12.1 Å². The summed E-state index contributed by atoms with van der Waals surface area (Å²) in [6, 6.07) is 0. The minimum absolute atomic E-state index is 0.0671. The largest absolute Gasteiger partial charge is 0.352 e. The summed E-state index contributed by atoms with van der Waals surface area (Å²) < 4.78 is 0. The molecule has 0 radical (unpaired) electrons. The first kappa shape index (κ1) is 11.7. The Labute approximate surface area is 89.4 Å². The predicted octanol–water partition coefficient (Wildman–Crippen LogP) is 0.659. The second kappa shape index (κ2) is 7.00. The van der Waals surface area contributed by atoms with Gasteiger partial charge >= 0.3 is 0 Å². The van der Waals surface area contributed by atoms with E-state index in [2.05, 4.69) is 15.5 Å². The normalized spacial score (nSPS) is 10.2. The number of aromatic amines is 1. The number of hydrogen-bond donors (Lipinski definition) is 3. The number of unbranched alkanes of at least 4 members (excludes halogenated alkanes) is 3. The van der Waals surface area contributed by atoms with Crippen LogP contribution in [-0.4, -0.2) is 29.2 Å². The SMILES string of the molecule is NCCCCCCNC(=O)c1cn[nH]c1. The molecule has 0 aliphatic rings. The summed E-state index contributed by atoms with van der Waals surface area (Å²) in [5, 5.41) is 9.15. The fourth-order valence-corrected chi connectivity index (χ4v) is 1.30. The van der Waals surface area contributed by atoms with Crippen LogP contribution >= 0.6 is 0 Å². The standard InChI is InChI=1S/C10H18N4O/c11-5-3-1-2-4-6-12-10(15)9-7-13-14-8-9/h7-8H,1-6,11H2,(H,12,15)(H,13,14). The molecule has 1 rings (SSSR count). The van der Waals surface area contributed by atoms with Crippen LogP contribution in [0.4, 0.5) is 0 Å². The first-order valence-electron chi connectivity index (χ1n) is 5.31. The van der Waals surface area contributed by atoms with Crippen molar-refractivity contribution in [1.82, 2.24) is 15.5 Å². The van der Waals surface area contributed by atoms with Crippen LogP contribution in [0.3, 0.4) is 0 Å². The van der Waals surface area contributed by atoms with Crippen LogP contribution in [-0.2, 0) is 0 Å². The van der Waals surface area contributed by atoms with Crippen LogP contribution in [0, 0.1) is 0 Å². The summed E-state index contributed by atoms with van der Waals surface area (Å²) in [5.74, 6) is -0.0671. The van der Waals surface area contributed by atoms with Crippen LogP contribution in [0.15, 0.2) is 12.4 Å². The molecule has 1 amide bonds. The maximum absolute atomic E-state index is 11.4. The van der Waals surface area contributed by atoms with E-state index in [4.69, 9.17) is 5.73 Å². The summed E-state index contributed by atoms with van der Waals surface area (Å²) in [5.41, 5.74) is 5.96. The van der Waals surface area contributed by atoms with Gasteiger partial charge in [-0.15, -0.1) is 0 Å². The van der Waals surface area contributed by atoms with Crippen LogP contribution in [0.5, 0.6) is 0 Å². The monoisotopic (exact) mass is 210 g/mol. The van der Waals surface area contributed by atoms with Gasteiger partial charge in [0.2, 0.25) is 0 Å². The Kier molecular flexibility index (Phi) is 5.47. The molecule has 0 atom stereocenters. The van der Waals surface area contributed by atoms with Crippen molar-refractivity contribution in [3.8, 4) is 0 Å². The van der Waals surface area contributed by atoms with Gasteiger partial charge in [-0.05, 0) is 19.4 Å². The Balaban J connectivity index is 2.03. The highest BCUT2D eigenvalue weighted by atomic mass is 16.1. The molecule has 0 saturated heterocycles. The van der Waals surface area contributed by atoms with Crippen molar-refractivity contribution >= 4 is 5.91 Å². The molecule has 0 fully saturated rings. The average Bonchev–Trinajstić information content (AvgIpc) is 2.76. The van der Waals surface area contributed by atoms with Crippen LogP contribution in [0.1, 0.15) is 36.0 Å². The van der Waals surface area contributed by atoms with Gasteiger partial charge in [-0.25, -0.2) is 0 Å². The fraction of sp³-hybridized carbons (Fsp3) is 0.600. The summed E-state index contributed by atoms with van der Waals surface area (Å²) in [4.78, 5) is 11.4. The van der Waals surface area contributed by atoms with Crippen molar-refractivity contribution in [2.45, 2.75) is 25.7 Å². The lowest BCUT2D eigenvalue weighted by atomic mass is 10.2. The van der Waals surface area contributed by atoms with E-state index in [1.54, 1.807) is 6.20 Å². The van der Waals surface area contributed by atoms with E-state index >= 15 is 0 Å². The van der Waals surface area contributed by atoms with Crippen LogP contribution in [0.2, 0.25) is 0 Å². The minimum atomic E-state index is -0.0671. The van der Waals surface area contributed by atoms with Crippen molar-refractivity contribution in [3.05, 3.63) is 18.0 Å². The molecular weight excluding hydrogens is 192 g/mol. The highest BCUT2D eigenvalue weighted by Gasteiger charge is 2.04. The Bertz CT molecular complexity index is 271. The Morgan fingerprint density at radius 2 is 2.20 bits per heavy atom. The van der Waals surface area contributed by atoms with E-state index in [1.807, 2.05) is 0 Å². The first-order valence-corrected chi connectivity index (χ1v) is 5.31. The Morgan fingerprint density at radius 3 is 2.87 bits per heavy atom. The summed E-state index contributed by atoms with van der Waals surface area (Å²) >= 11 is 0. The van der Waals surface area contributed by atoms with Crippen molar-refractivity contribution in [2.75, 3.05) is 13.1 Å². The molecule has 1 aromatic rings. The molecule has 0 saturated carbocycles. The molecule has 5 nitrogen and oxygen atoms in total. The van der Waals surface area contributed by atoms with E-state index in [0.717, 1.165) is 32.2 Å². The summed E-state index contributed by atoms with van der Waals surface area (Å²) in [7, 11) is 0. The van der Waals surface area contributed by atoms with Crippen LogP contribution < -0.4 is 11.1 Å². The first-order chi connectivity index (χ1) is 7.34. The Morgan fingerprint density at radius 1 is 1.40 bits per heavy atom. The molecule has 0 aromatic carbocycles. The lowest BCUT2D eigenvalue weighted by Gasteiger charge is -2.02. The number of carbonyl (C=O) groups excluding carboxylic acids is 1. The molecule has 0 unspecified atom stereocenters. The van der Waals surface area contributed by atoms with Crippen molar-refractivity contribution in [1.29, 1.82) is 0 Å². The quantitative estimate of drug-likeness (QED) is 0.578. The lowest BCUT2D eigenvalue weighted by Crippen LogP contribution is -2.23. The van der Waals surface area contributed by atoms with Gasteiger partial charge in [-0.1, -0.05) is 12.8 Å². The number of nitrogens with zero attached hydrogens (tertiary/aromatic N) is 1. The second-order valence-electron chi connectivity index (χ2n) is 3.45. The molecule has 84 valence electrons. The zero-order valence-electron chi connectivity index (χ0n) is 8.83. The zero-order valence-corrected chi connectivity index (χ0v) is 8.83. The van der Waals surface area contributed by atoms with E-state index in [-0.39, 0.29) is 5.91 Å². The number of nitrogens with two attached hydrogens (primary N) is 1. The van der Waals surface area contributed by atoms with Gasteiger partial charge in [-0.3, -0.25) is 9.89 Å². The van der Waals surface area contributed by atoms with Gasteiger partial charge in [-0.2, -0.15) is 5.10 Å². The molecule has 0 aliphatic heterocycles. The minimum Gasteiger partial charge on any atom is -0.352 e. The number of carbonyl (C=O) groups is 1. The van der Waals surface area contributed by atoms with Gasteiger partial charge in [0.15, 0.2) is 0 Å². The number of nitrogens with one attached hydrogen (secondary N) is 2. The predicted molar refractivity (Wildman–Crippen MR) is 58.4 cm³/mol. The van der Waals surface area contributed by atoms with E-state index in [1.165, 1.54) is 6.20 Å². The number of rotatable bonds is 7. The molecule has 15 heavy (non-hydrogen) atoms. The number of amides is 1. The van der Waals surface area contributed by atoms with Crippen LogP contribution in [0.25, 0.3) is 0 Å².